The lowest BCUT2D eigenvalue weighted by molar-refractivity contribution is -0.137. The Morgan fingerprint density at radius 2 is 1.96 bits per heavy atom. The molecule has 0 spiro atoms. The van der Waals surface area contributed by atoms with Crippen molar-refractivity contribution in [3.8, 4) is 11.5 Å². The number of hydrogen-bond acceptors (Lipinski definition) is 4. The van der Waals surface area contributed by atoms with Crippen LogP contribution in [0, 0.1) is 0 Å². The Balaban J connectivity index is 1.80. The molecule has 0 radical (unpaired) electrons. The quantitative estimate of drug-likeness (QED) is 0.727. The van der Waals surface area contributed by atoms with Gasteiger partial charge in [0.25, 0.3) is 5.91 Å². The number of alkyl halides is 3. The Morgan fingerprint density at radius 3 is 2.62 bits per heavy atom. The molecule has 2 aromatic heterocycles. The van der Waals surface area contributed by atoms with Crippen LogP contribution in [-0.2, 0) is 6.18 Å². The van der Waals surface area contributed by atoms with E-state index in [1.54, 1.807) is 12.1 Å². The summed E-state index contributed by atoms with van der Waals surface area (Å²) in [4.78, 5) is 12.1. The van der Waals surface area contributed by atoms with Gasteiger partial charge in [-0.3, -0.25) is 4.79 Å². The van der Waals surface area contributed by atoms with Crippen LogP contribution in [0.1, 0.15) is 16.1 Å². The molecule has 9 heteroatoms. The van der Waals surface area contributed by atoms with Crippen LogP contribution >= 0.6 is 11.6 Å². The number of hydrogen-bond donors (Lipinski definition) is 1. The Kier molecular flexibility index (Phi) is 4.06. The monoisotopic (exact) mass is 356 g/mol. The van der Waals surface area contributed by atoms with Crippen molar-refractivity contribution in [3.63, 3.8) is 0 Å². The van der Waals surface area contributed by atoms with E-state index in [-0.39, 0.29) is 17.1 Å². The number of carbonyl (C=O) groups excluding carboxylic acids is 1. The van der Waals surface area contributed by atoms with Crippen molar-refractivity contribution in [2.75, 3.05) is 5.32 Å². The molecule has 5 nitrogen and oxygen atoms in total. The van der Waals surface area contributed by atoms with Crippen molar-refractivity contribution in [1.82, 2.24) is 5.16 Å². The molecule has 3 rings (SSSR count). The fraction of sp³-hybridized carbons (Fsp3) is 0.0667. The number of anilines is 1. The van der Waals surface area contributed by atoms with Crippen molar-refractivity contribution >= 4 is 23.2 Å². The third-order valence-electron chi connectivity index (χ3n) is 3.04. The van der Waals surface area contributed by atoms with Gasteiger partial charge in [-0.1, -0.05) is 16.8 Å². The molecular formula is C15H8ClF3N2O3. The van der Waals surface area contributed by atoms with Crippen LogP contribution in [0.4, 0.5) is 18.9 Å². The van der Waals surface area contributed by atoms with Crippen LogP contribution in [0.15, 0.2) is 51.6 Å². The van der Waals surface area contributed by atoms with Gasteiger partial charge in [-0.05, 0) is 30.3 Å². The lowest BCUT2D eigenvalue weighted by Gasteiger charge is -2.11. The molecule has 124 valence electrons. The first-order chi connectivity index (χ1) is 11.3. The van der Waals surface area contributed by atoms with Crippen molar-refractivity contribution in [2.24, 2.45) is 0 Å². The molecule has 0 atom stereocenters. The second-order valence-corrected chi connectivity index (χ2v) is 5.11. The molecule has 1 amide bonds. The molecule has 0 fully saturated rings. The predicted molar refractivity (Wildman–Crippen MR) is 78.6 cm³/mol. The highest BCUT2D eigenvalue weighted by atomic mass is 35.5. The van der Waals surface area contributed by atoms with Crippen LogP contribution in [-0.4, -0.2) is 11.1 Å². The standard InChI is InChI=1S/C15H8ClF3N2O3/c16-10-4-3-8(6-9(10)15(17,18)19)20-14(22)11-7-13(24-21-11)12-2-1-5-23-12/h1-7H,(H,20,22). The first-order valence-corrected chi connectivity index (χ1v) is 6.91. The van der Waals surface area contributed by atoms with Crippen molar-refractivity contribution in [3.05, 3.63) is 58.9 Å². The maximum atomic E-state index is 12.8. The molecule has 0 aliphatic heterocycles. The van der Waals surface area contributed by atoms with Gasteiger partial charge in [0.2, 0.25) is 5.76 Å². The van der Waals surface area contributed by atoms with Gasteiger partial charge in [0.1, 0.15) is 0 Å². The van der Waals surface area contributed by atoms with E-state index in [0.29, 0.717) is 5.76 Å². The summed E-state index contributed by atoms with van der Waals surface area (Å²) >= 11 is 5.52. The number of aromatic nitrogens is 1. The summed E-state index contributed by atoms with van der Waals surface area (Å²) in [6.07, 6.45) is -3.21. The summed E-state index contributed by atoms with van der Waals surface area (Å²) in [5, 5.41) is 5.41. The summed E-state index contributed by atoms with van der Waals surface area (Å²) in [6, 6.07) is 7.60. The molecule has 3 aromatic rings. The van der Waals surface area contributed by atoms with E-state index in [2.05, 4.69) is 10.5 Å². The first-order valence-electron chi connectivity index (χ1n) is 6.53. The fourth-order valence-electron chi connectivity index (χ4n) is 1.93. The molecule has 0 bridgehead atoms. The van der Waals surface area contributed by atoms with Crippen molar-refractivity contribution in [2.45, 2.75) is 6.18 Å². The Labute approximate surface area is 138 Å². The van der Waals surface area contributed by atoms with Crippen molar-refractivity contribution < 1.29 is 26.9 Å². The summed E-state index contributed by atoms with van der Waals surface area (Å²) in [5.74, 6) is -0.142. The van der Waals surface area contributed by atoms with Gasteiger partial charge in [-0.15, -0.1) is 0 Å². The molecule has 0 unspecified atom stereocenters. The molecule has 24 heavy (non-hydrogen) atoms. The minimum atomic E-state index is -4.63. The third kappa shape index (κ3) is 3.28. The number of carbonyl (C=O) groups is 1. The average molecular weight is 357 g/mol. The lowest BCUT2D eigenvalue weighted by atomic mass is 10.2. The van der Waals surface area contributed by atoms with E-state index in [1.807, 2.05) is 0 Å². The summed E-state index contributed by atoms with van der Waals surface area (Å²) in [7, 11) is 0. The normalized spacial score (nSPS) is 11.5. The van der Waals surface area contributed by atoms with Gasteiger partial charge >= 0.3 is 6.18 Å². The molecule has 0 aliphatic carbocycles. The zero-order valence-corrected chi connectivity index (χ0v) is 12.5. The number of nitrogens with one attached hydrogen (secondary N) is 1. The van der Waals surface area contributed by atoms with Crippen LogP contribution < -0.4 is 5.32 Å². The number of furan rings is 1. The minimum Gasteiger partial charge on any atom is -0.461 e. The van der Waals surface area contributed by atoms with E-state index in [4.69, 9.17) is 20.5 Å². The highest BCUT2D eigenvalue weighted by Gasteiger charge is 2.33. The molecule has 0 saturated carbocycles. The molecule has 1 aromatic carbocycles. The highest BCUT2D eigenvalue weighted by molar-refractivity contribution is 6.31. The lowest BCUT2D eigenvalue weighted by Crippen LogP contribution is -2.13. The smallest absolute Gasteiger partial charge is 0.417 e. The van der Waals surface area contributed by atoms with Gasteiger partial charge in [-0.25, -0.2) is 0 Å². The zero-order valence-electron chi connectivity index (χ0n) is 11.7. The molecule has 0 aliphatic rings. The Morgan fingerprint density at radius 1 is 1.17 bits per heavy atom. The van der Waals surface area contributed by atoms with E-state index < -0.39 is 22.7 Å². The third-order valence-corrected chi connectivity index (χ3v) is 3.37. The van der Waals surface area contributed by atoms with Crippen LogP contribution in [0.3, 0.4) is 0 Å². The van der Waals surface area contributed by atoms with Crippen molar-refractivity contribution in [1.29, 1.82) is 0 Å². The molecule has 1 N–H and O–H groups in total. The van der Waals surface area contributed by atoms with Crippen LogP contribution in [0.2, 0.25) is 5.02 Å². The number of rotatable bonds is 3. The van der Waals surface area contributed by atoms with Gasteiger partial charge < -0.3 is 14.3 Å². The summed E-state index contributed by atoms with van der Waals surface area (Å²) in [6.45, 7) is 0. The van der Waals surface area contributed by atoms with Gasteiger partial charge in [0, 0.05) is 11.8 Å². The van der Waals surface area contributed by atoms with E-state index in [1.165, 1.54) is 18.4 Å². The number of halogens is 4. The Hall–Kier alpha value is -2.74. The number of benzene rings is 1. The fourth-order valence-corrected chi connectivity index (χ4v) is 2.16. The van der Waals surface area contributed by atoms with Crippen LogP contribution in [0.5, 0.6) is 0 Å². The van der Waals surface area contributed by atoms with E-state index in [0.717, 1.165) is 12.1 Å². The maximum absolute atomic E-state index is 12.8. The molecular weight excluding hydrogens is 349 g/mol. The number of nitrogens with zero attached hydrogens (tertiary/aromatic N) is 1. The second kappa shape index (κ2) is 6.04. The van der Waals surface area contributed by atoms with Gasteiger partial charge in [0.05, 0.1) is 16.8 Å². The second-order valence-electron chi connectivity index (χ2n) is 4.70. The maximum Gasteiger partial charge on any atom is 0.417 e. The summed E-state index contributed by atoms with van der Waals surface area (Å²) < 4.78 is 48.5. The summed E-state index contributed by atoms with van der Waals surface area (Å²) in [5.41, 5.74) is -1.22. The SMILES string of the molecule is O=C(Nc1ccc(Cl)c(C(F)(F)F)c1)c1cc(-c2ccco2)on1. The minimum absolute atomic E-state index is 0.0701. The zero-order chi connectivity index (χ0) is 17.3. The molecule has 2 heterocycles. The van der Waals surface area contributed by atoms with Crippen LogP contribution in [0.25, 0.3) is 11.5 Å². The Bertz CT molecular complexity index is 872. The topological polar surface area (TPSA) is 68.3 Å². The first kappa shape index (κ1) is 16.1. The largest absolute Gasteiger partial charge is 0.461 e. The highest BCUT2D eigenvalue weighted by Crippen LogP contribution is 2.36. The predicted octanol–water partition coefficient (Wildman–Crippen LogP) is 4.86. The van der Waals surface area contributed by atoms with Gasteiger partial charge in [-0.2, -0.15) is 13.2 Å². The number of amides is 1. The van der Waals surface area contributed by atoms with E-state index >= 15 is 0 Å². The molecule has 0 saturated heterocycles. The average Bonchev–Trinajstić information content (AvgIpc) is 3.18. The van der Waals surface area contributed by atoms with Gasteiger partial charge in [0.15, 0.2) is 11.5 Å². The van der Waals surface area contributed by atoms with E-state index in [9.17, 15) is 18.0 Å².